The largest absolute Gasteiger partial charge is 0.444 e. The third kappa shape index (κ3) is 3.04. The zero-order valence-electron chi connectivity index (χ0n) is 21.4. The normalized spacial score (nSPS) is 17.4. The van der Waals surface area contributed by atoms with Crippen LogP contribution in [-0.2, 0) is 6.42 Å². The molecule has 0 amide bonds. The topological polar surface area (TPSA) is 37.8 Å². The Kier molecular flexibility index (Phi) is 4.65. The summed E-state index contributed by atoms with van der Waals surface area (Å²) in [5.74, 6) is 1.52. The maximum Gasteiger partial charge on any atom is 0.444 e. The lowest BCUT2D eigenvalue weighted by atomic mass is 10.00. The van der Waals surface area contributed by atoms with Crippen LogP contribution < -0.4 is 19.3 Å². The first-order valence-corrected chi connectivity index (χ1v) is 13.3. The summed E-state index contributed by atoms with van der Waals surface area (Å²) in [5, 5.41) is 3.40. The lowest BCUT2D eigenvalue weighted by Crippen LogP contribution is -2.60. The Morgan fingerprint density at radius 2 is 1.13 bits per heavy atom. The third-order valence-corrected chi connectivity index (χ3v) is 7.74. The summed E-state index contributed by atoms with van der Waals surface area (Å²) < 4.78 is 13.9. The van der Waals surface area contributed by atoms with E-state index in [0.29, 0.717) is 0 Å². The highest BCUT2D eigenvalue weighted by molar-refractivity contribution is 6.01. The van der Waals surface area contributed by atoms with Crippen LogP contribution in [0.2, 0.25) is 0 Å². The minimum Gasteiger partial charge on any atom is -0.415 e. The summed E-state index contributed by atoms with van der Waals surface area (Å²) in [7, 11) is 0. The summed E-state index contributed by atoms with van der Waals surface area (Å²) in [6.07, 6.45) is 2.81. The number of aromatic nitrogens is 1. The molecule has 3 heterocycles. The van der Waals surface area contributed by atoms with Crippen LogP contribution in [0.25, 0.3) is 21.7 Å². The van der Waals surface area contributed by atoms with Gasteiger partial charge >= 0.3 is 6.03 Å². The van der Waals surface area contributed by atoms with E-state index in [4.69, 9.17) is 9.47 Å². The maximum atomic E-state index is 6.94. The molecular formula is C34H25N3O2. The van der Waals surface area contributed by atoms with Gasteiger partial charge in [-0.25, -0.2) is 9.80 Å². The predicted octanol–water partition coefficient (Wildman–Crippen LogP) is 8.32. The summed E-state index contributed by atoms with van der Waals surface area (Å²) in [5.41, 5.74) is 6.07. The molecule has 1 unspecified atom stereocenters. The standard InChI is InChI=1S/C34H25N3O2/c1-2-23-19-20-28(25-12-4-3-11-24(23)25)36-30-15-7-9-17-32(30)38-34(36)37(31-16-8-10-18-33(31)39-34)29-21-22-35-27-14-6-5-13-26(27)29/h3-22H,2H2,1H3. The SMILES string of the molecule is CCc1ccc(N2c3ccccc3OC23Oc2ccccc2N3c2ccnc3ccccc23)c2ccccc12. The van der Waals surface area contributed by atoms with Crippen molar-refractivity contribution in [1.82, 2.24) is 4.98 Å². The van der Waals surface area contributed by atoms with Crippen molar-refractivity contribution in [3.63, 3.8) is 0 Å². The van der Waals surface area contributed by atoms with Crippen molar-refractivity contribution in [2.75, 3.05) is 9.80 Å². The monoisotopic (exact) mass is 507 g/mol. The van der Waals surface area contributed by atoms with Crippen LogP contribution in [0.3, 0.4) is 0 Å². The van der Waals surface area contributed by atoms with Crippen LogP contribution >= 0.6 is 0 Å². The van der Waals surface area contributed by atoms with E-state index >= 15 is 0 Å². The number of fused-ring (bicyclic) bond motifs is 4. The van der Waals surface area contributed by atoms with Crippen molar-refractivity contribution < 1.29 is 9.47 Å². The molecule has 0 saturated heterocycles. The molecular weight excluding hydrogens is 482 g/mol. The van der Waals surface area contributed by atoms with Crippen LogP contribution in [0.5, 0.6) is 11.5 Å². The molecule has 188 valence electrons. The molecule has 6 aromatic rings. The Labute approximate surface area is 226 Å². The molecule has 2 aliphatic rings. The number of pyridine rings is 1. The van der Waals surface area contributed by atoms with Gasteiger partial charge in [0.2, 0.25) is 0 Å². The number of ether oxygens (including phenoxy) is 2. The van der Waals surface area contributed by atoms with Crippen molar-refractivity contribution in [1.29, 1.82) is 0 Å². The van der Waals surface area contributed by atoms with Gasteiger partial charge in [-0.2, -0.15) is 0 Å². The highest BCUT2D eigenvalue weighted by atomic mass is 16.8. The molecule has 0 N–H and O–H groups in total. The highest BCUT2D eigenvalue weighted by Crippen LogP contribution is 2.58. The molecule has 0 fully saturated rings. The smallest absolute Gasteiger partial charge is 0.415 e. The van der Waals surface area contributed by atoms with E-state index in [-0.39, 0.29) is 0 Å². The van der Waals surface area contributed by atoms with Gasteiger partial charge in [-0.05, 0) is 59.8 Å². The number of hydrogen-bond donors (Lipinski definition) is 0. The number of para-hydroxylation sites is 5. The summed E-state index contributed by atoms with van der Waals surface area (Å²) in [6, 6.07) is 38.2. The number of hydrogen-bond acceptors (Lipinski definition) is 5. The van der Waals surface area contributed by atoms with E-state index in [9.17, 15) is 0 Å². The average molecular weight is 508 g/mol. The quantitative estimate of drug-likeness (QED) is 0.241. The van der Waals surface area contributed by atoms with E-state index < -0.39 is 6.03 Å². The molecule has 1 spiro atoms. The maximum absolute atomic E-state index is 6.94. The van der Waals surface area contributed by atoms with Crippen molar-refractivity contribution in [2.24, 2.45) is 0 Å². The molecule has 8 rings (SSSR count). The fraction of sp³-hybridized carbons (Fsp3) is 0.0882. The number of nitrogens with zero attached hydrogens (tertiary/aromatic N) is 3. The van der Waals surface area contributed by atoms with Gasteiger partial charge in [0.25, 0.3) is 0 Å². The molecule has 0 radical (unpaired) electrons. The van der Waals surface area contributed by atoms with Gasteiger partial charge in [-0.3, -0.25) is 4.98 Å². The lowest BCUT2D eigenvalue weighted by molar-refractivity contribution is -0.0718. The van der Waals surface area contributed by atoms with Crippen LogP contribution in [0, 0.1) is 0 Å². The molecule has 0 bridgehead atoms. The summed E-state index contributed by atoms with van der Waals surface area (Å²) >= 11 is 0. The zero-order chi connectivity index (χ0) is 26.0. The Morgan fingerprint density at radius 3 is 1.82 bits per heavy atom. The van der Waals surface area contributed by atoms with Crippen molar-refractivity contribution in [3.05, 3.63) is 127 Å². The van der Waals surface area contributed by atoms with Crippen LogP contribution in [0.4, 0.5) is 22.7 Å². The molecule has 1 atom stereocenters. The van der Waals surface area contributed by atoms with Gasteiger partial charge in [0.15, 0.2) is 11.5 Å². The number of benzene rings is 5. The predicted molar refractivity (Wildman–Crippen MR) is 156 cm³/mol. The summed E-state index contributed by atoms with van der Waals surface area (Å²) in [6.45, 7) is 2.20. The van der Waals surface area contributed by atoms with Gasteiger partial charge in [-0.15, -0.1) is 0 Å². The summed E-state index contributed by atoms with van der Waals surface area (Å²) in [4.78, 5) is 9.02. The molecule has 5 heteroatoms. The minimum atomic E-state index is -1.33. The van der Waals surface area contributed by atoms with Crippen molar-refractivity contribution >= 4 is 44.4 Å². The van der Waals surface area contributed by atoms with E-state index in [2.05, 4.69) is 76.3 Å². The second kappa shape index (κ2) is 8.23. The van der Waals surface area contributed by atoms with E-state index in [1.165, 1.54) is 10.9 Å². The Morgan fingerprint density at radius 1 is 0.564 bits per heavy atom. The van der Waals surface area contributed by atoms with E-state index in [1.54, 1.807) is 0 Å². The van der Waals surface area contributed by atoms with Gasteiger partial charge in [0, 0.05) is 17.0 Å². The fourth-order valence-electron chi connectivity index (χ4n) is 6.04. The van der Waals surface area contributed by atoms with Crippen molar-refractivity contribution in [3.8, 4) is 11.5 Å². The minimum absolute atomic E-state index is 0.755. The zero-order valence-corrected chi connectivity index (χ0v) is 21.4. The Balaban J connectivity index is 1.46. The molecule has 5 nitrogen and oxygen atoms in total. The molecule has 1 aromatic heterocycles. The highest BCUT2D eigenvalue weighted by Gasteiger charge is 2.60. The molecule has 0 aliphatic carbocycles. The Hall–Kier alpha value is -5.03. The number of rotatable bonds is 3. The third-order valence-electron chi connectivity index (χ3n) is 7.74. The first-order valence-electron chi connectivity index (χ1n) is 13.3. The van der Waals surface area contributed by atoms with E-state index in [0.717, 1.165) is 57.0 Å². The lowest BCUT2D eigenvalue weighted by Gasteiger charge is -2.40. The number of anilines is 4. The number of aryl methyl sites for hydroxylation is 1. The van der Waals surface area contributed by atoms with Gasteiger partial charge in [0.1, 0.15) is 0 Å². The van der Waals surface area contributed by atoms with Crippen LogP contribution in [0.1, 0.15) is 12.5 Å². The average Bonchev–Trinajstić information content (AvgIpc) is 3.49. The van der Waals surface area contributed by atoms with Crippen LogP contribution in [0.15, 0.2) is 121 Å². The Bertz CT molecular complexity index is 1890. The van der Waals surface area contributed by atoms with Gasteiger partial charge in [0.05, 0.1) is 28.3 Å². The molecule has 5 aromatic carbocycles. The van der Waals surface area contributed by atoms with Crippen molar-refractivity contribution in [2.45, 2.75) is 19.4 Å². The molecule has 39 heavy (non-hydrogen) atoms. The molecule has 0 saturated carbocycles. The van der Waals surface area contributed by atoms with E-state index in [1.807, 2.05) is 66.9 Å². The second-order valence-corrected chi connectivity index (χ2v) is 9.85. The first-order chi connectivity index (χ1) is 19.3. The van der Waals surface area contributed by atoms with Crippen LogP contribution in [-0.4, -0.2) is 11.0 Å². The van der Waals surface area contributed by atoms with Gasteiger partial charge in [-0.1, -0.05) is 79.7 Å². The fourth-order valence-corrected chi connectivity index (χ4v) is 6.04. The van der Waals surface area contributed by atoms with Gasteiger partial charge < -0.3 is 9.47 Å². The molecule has 2 aliphatic heterocycles. The second-order valence-electron chi connectivity index (χ2n) is 9.85. The first kappa shape index (κ1) is 22.0.